The topological polar surface area (TPSA) is 17.1 Å². The van der Waals surface area contributed by atoms with E-state index in [0.29, 0.717) is 0 Å². The van der Waals surface area contributed by atoms with E-state index in [9.17, 15) is 4.79 Å². The zero-order chi connectivity index (χ0) is 10.7. The van der Waals surface area contributed by atoms with E-state index in [-0.39, 0.29) is 5.78 Å². The maximum atomic E-state index is 12.1. The molecule has 0 saturated carbocycles. The lowest BCUT2D eigenvalue weighted by Crippen LogP contribution is -2.08. The van der Waals surface area contributed by atoms with Crippen LogP contribution in [0.15, 0.2) is 40.8 Å². The van der Waals surface area contributed by atoms with E-state index >= 15 is 0 Å². The molecule has 0 N–H and O–H groups in total. The molecule has 1 aromatic rings. The fourth-order valence-corrected chi connectivity index (χ4v) is 2.79. The second kappa shape index (κ2) is 4.67. The molecule has 1 aliphatic rings. The van der Waals surface area contributed by atoms with Gasteiger partial charge in [0.1, 0.15) is 0 Å². The van der Waals surface area contributed by atoms with Crippen molar-refractivity contribution in [2.75, 3.05) is 5.75 Å². The average molecular weight is 218 g/mol. The highest BCUT2D eigenvalue weighted by Gasteiger charge is 2.17. The normalized spacial score (nSPS) is 19.5. The summed E-state index contributed by atoms with van der Waals surface area (Å²) < 4.78 is 0. The van der Waals surface area contributed by atoms with Gasteiger partial charge in [-0.05, 0) is 43.2 Å². The molecule has 0 radical (unpaired) electrons. The fraction of sp³-hybridized carbons (Fsp3) is 0.308. The van der Waals surface area contributed by atoms with Crippen molar-refractivity contribution in [2.45, 2.75) is 24.7 Å². The van der Waals surface area contributed by atoms with Gasteiger partial charge in [0.05, 0.1) is 0 Å². The zero-order valence-corrected chi connectivity index (χ0v) is 9.64. The number of thioether (sulfide) groups is 1. The summed E-state index contributed by atoms with van der Waals surface area (Å²) in [5.41, 5.74) is 1.83. The highest BCUT2D eigenvalue weighted by Crippen LogP contribution is 2.29. The highest BCUT2D eigenvalue weighted by molar-refractivity contribution is 7.99. The van der Waals surface area contributed by atoms with Gasteiger partial charge in [-0.3, -0.25) is 4.79 Å². The van der Waals surface area contributed by atoms with Gasteiger partial charge in [0.15, 0.2) is 5.78 Å². The van der Waals surface area contributed by atoms with Gasteiger partial charge in [-0.2, -0.15) is 0 Å². The monoisotopic (exact) mass is 218 g/mol. The molecule has 2 heteroatoms. The number of benzene rings is 1. The van der Waals surface area contributed by atoms with Crippen molar-refractivity contribution in [3.8, 4) is 0 Å². The van der Waals surface area contributed by atoms with E-state index in [2.05, 4.69) is 0 Å². The van der Waals surface area contributed by atoms with Crippen LogP contribution in [-0.4, -0.2) is 11.5 Å². The third kappa shape index (κ3) is 2.15. The third-order valence-electron chi connectivity index (χ3n) is 2.62. The summed E-state index contributed by atoms with van der Waals surface area (Å²) in [6.45, 7) is 1.95. The Morgan fingerprint density at radius 2 is 2.13 bits per heavy atom. The molecule has 78 valence electrons. The van der Waals surface area contributed by atoms with Gasteiger partial charge in [-0.15, -0.1) is 11.8 Å². The number of Topliss-reactive ketones (excluding diaryl/α,β-unsaturated/α-hetero) is 1. The Kier molecular flexibility index (Phi) is 3.27. The summed E-state index contributed by atoms with van der Waals surface area (Å²) in [4.78, 5) is 13.3. The van der Waals surface area contributed by atoms with E-state index in [0.717, 1.165) is 34.6 Å². The number of hydrogen-bond donors (Lipinski definition) is 0. The molecular weight excluding hydrogens is 204 g/mol. The van der Waals surface area contributed by atoms with Gasteiger partial charge in [0.2, 0.25) is 0 Å². The van der Waals surface area contributed by atoms with Gasteiger partial charge < -0.3 is 0 Å². The lowest BCUT2D eigenvalue weighted by Gasteiger charge is -2.14. The van der Waals surface area contributed by atoms with Crippen LogP contribution >= 0.6 is 11.8 Å². The van der Waals surface area contributed by atoms with E-state index < -0.39 is 0 Å². The summed E-state index contributed by atoms with van der Waals surface area (Å²) in [5, 5.41) is 0. The Hall–Kier alpha value is -1.02. The number of ketones is 1. The zero-order valence-electron chi connectivity index (χ0n) is 8.82. The van der Waals surface area contributed by atoms with Crippen molar-refractivity contribution in [3.05, 3.63) is 41.5 Å². The van der Waals surface area contributed by atoms with Gasteiger partial charge in [-0.1, -0.05) is 18.2 Å². The second-order valence-electron chi connectivity index (χ2n) is 3.59. The largest absolute Gasteiger partial charge is 0.289 e. The SMILES string of the molecule is C/C=C1/CCCSc2ccccc2C1=O. The molecule has 0 unspecified atom stereocenters. The molecule has 2 rings (SSSR count). The van der Waals surface area contributed by atoms with Crippen LogP contribution in [0.3, 0.4) is 0 Å². The minimum Gasteiger partial charge on any atom is -0.289 e. The maximum Gasteiger partial charge on any atom is 0.189 e. The van der Waals surface area contributed by atoms with Crippen LogP contribution in [0.2, 0.25) is 0 Å². The second-order valence-corrected chi connectivity index (χ2v) is 4.73. The van der Waals surface area contributed by atoms with Crippen LogP contribution in [0.25, 0.3) is 0 Å². The van der Waals surface area contributed by atoms with Crippen molar-refractivity contribution in [1.82, 2.24) is 0 Å². The summed E-state index contributed by atoms with van der Waals surface area (Å²) in [6, 6.07) is 7.90. The van der Waals surface area contributed by atoms with Gasteiger partial charge in [-0.25, -0.2) is 0 Å². The molecule has 1 aliphatic heterocycles. The molecule has 0 aliphatic carbocycles. The lowest BCUT2D eigenvalue weighted by atomic mass is 9.99. The number of rotatable bonds is 0. The van der Waals surface area contributed by atoms with Gasteiger partial charge in [0.25, 0.3) is 0 Å². The standard InChI is InChI=1S/C13H14OS/c1-2-10-6-5-9-15-12-8-4-3-7-11(12)13(10)14/h2-4,7-8H,5-6,9H2,1H3/b10-2-. The smallest absolute Gasteiger partial charge is 0.189 e. The molecule has 0 aromatic heterocycles. The van der Waals surface area contributed by atoms with Crippen LogP contribution in [0.5, 0.6) is 0 Å². The Morgan fingerprint density at radius 3 is 2.93 bits per heavy atom. The Bertz CT molecular complexity index is 407. The molecule has 0 spiro atoms. The van der Waals surface area contributed by atoms with E-state index in [1.165, 1.54) is 0 Å². The van der Waals surface area contributed by atoms with Crippen LogP contribution in [0.1, 0.15) is 30.1 Å². The first-order valence-corrected chi connectivity index (χ1v) is 6.23. The molecule has 1 nitrogen and oxygen atoms in total. The van der Waals surface area contributed by atoms with E-state index in [1.54, 1.807) is 11.8 Å². The number of fused-ring (bicyclic) bond motifs is 1. The summed E-state index contributed by atoms with van der Waals surface area (Å²) in [7, 11) is 0. The van der Waals surface area contributed by atoms with E-state index in [4.69, 9.17) is 0 Å². The van der Waals surface area contributed by atoms with Crippen LogP contribution < -0.4 is 0 Å². The summed E-state index contributed by atoms with van der Waals surface area (Å²) in [5.74, 6) is 1.31. The number of allylic oxidation sites excluding steroid dienone is 2. The number of carbonyl (C=O) groups excluding carboxylic acids is 1. The Morgan fingerprint density at radius 1 is 1.33 bits per heavy atom. The molecule has 0 amide bonds. The molecule has 1 heterocycles. The van der Waals surface area contributed by atoms with Crippen molar-refractivity contribution >= 4 is 17.5 Å². The molecule has 1 aromatic carbocycles. The van der Waals surface area contributed by atoms with Crippen molar-refractivity contribution < 1.29 is 4.79 Å². The predicted octanol–water partition coefficient (Wildman–Crippen LogP) is 3.70. The molecular formula is C13H14OS. The van der Waals surface area contributed by atoms with Crippen LogP contribution in [0, 0.1) is 0 Å². The first kappa shape index (κ1) is 10.5. The fourth-order valence-electron chi connectivity index (χ4n) is 1.79. The van der Waals surface area contributed by atoms with Crippen LogP contribution in [-0.2, 0) is 0 Å². The predicted molar refractivity (Wildman–Crippen MR) is 64.5 cm³/mol. The maximum absolute atomic E-state index is 12.1. The third-order valence-corrected chi connectivity index (χ3v) is 3.78. The Labute approximate surface area is 94.6 Å². The minimum atomic E-state index is 0.209. The lowest BCUT2D eigenvalue weighted by molar-refractivity contribution is 0.102. The molecule has 15 heavy (non-hydrogen) atoms. The molecule has 0 bridgehead atoms. The van der Waals surface area contributed by atoms with Crippen LogP contribution in [0.4, 0.5) is 0 Å². The quantitative estimate of drug-likeness (QED) is 0.618. The van der Waals surface area contributed by atoms with Crippen molar-refractivity contribution in [1.29, 1.82) is 0 Å². The Balaban J connectivity index is 2.46. The highest BCUT2D eigenvalue weighted by atomic mass is 32.2. The molecule has 0 saturated heterocycles. The molecule has 0 fully saturated rings. The average Bonchev–Trinajstić information content (AvgIpc) is 2.27. The first-order valence-electron chi connectivity index (χ1n) is 5.24. The molecule has 0 atom stereocenters. The van der Waals surface area contributed by atoms with E-state index in [1.807, 2.05) is 37.3 Å². The van der Waals surface area contributed by atoms with Crippen molar-refractivity contribution in [3.63, 3.8) is 0 Å². The van der Waals surface area contributed by atoms with Gasteiger partial charge in [0, 0.05) is 10.5 Å². The summed E-state index contributed by atoms with van der Waals surface area (Å²) in [6.07, 6.45) is 3.95. The minimum absolute atomic E-state index is 0.209. The summed E-state index contributed by atoms with van der Waals surface area (Å²) >= 11 is 1.79. The first-order chi connectivity index (χ1) is 7.33. The number of carbonyl (C=O) groups is 1. The van der Waals surface area contributed by atoms with Gasteiger partial charge >= 0.3 is 0 Å². The number of hydrogen-bond acceptors (Lipinski definition) is 2. The van der Waals surface area contributed by atoms with Crippen molar-refractivity contribution in [2.24, 2.45) is 0 Å².